The Bertz CT molecular complexity index is 457. The molecule has 0 aromatic heterocycles. The molecule has 94 valence electrons. The predicted octanol–water partition coefficient (Wildman–Crippen LogP) is 2.52. The van der Waals surface area contributed by atoms with Crippen molar-refractivity contribution in [2.75, 3.05) is 14.2 Å². The van der Waals surface area contributed by atoms with Crippen LogP contribution in [0.5, 0.6) is 11.5 Å². The zero-order valence-corrected chi connectivity index (χ0v) is 10.6. The van der Waals surface area contributed by atoms with Crippen molar-refractivity contribution in [1.82, 2.24) is 0 Å². The molecule has 0 heterocycles. The minimum Gasteiger partial charge on any atom is -0.493 e. The van der Waals surface area contributed by atoms with Gasteiger partial charge in [0, 0.05) is 23.2 Å². The number of halogens is 1. The summed E-state index contributed by atoms with van der Waals surface area (Å²) in [5, 5.41) is 0. The summed E-state index contributed by atoms with van der Waals surface area (Å²) in [5.41, 5.74) is 7.22. The number of hydrogen-bond acceptors (Lipinski definition) is 3. The first-order valence-electron chi connectivity index (χ1n) is 5.62. The summed E-state index contributed by atoms with van der Waals surface area (Å²) in [6.45, 7) is 3.99. The molecule has 0 amide bonds. The van der Waals surface area contributed by atoms with E-state index in [2.05, 4.69) is 0 Å². The van der Waals surface area contributed by atoms with Crippen LogP contribution in [0.1, 0.15) is 37.4 Å². The van der Waals surface area contributed by atoms with Crippen LogP contribution in [0.4, 0.5) is 4.39 Å². The zero-order chi connectivity index (χ0) is 12.8. The van der Waals surface area contributed by atoms with E-state index in [1.807, 2.05) is 13.8 Å². The van der Waals surface area contributed by atoms with Gasteiger partial charge in [0.15, 0.2) is 11.5 Å². The van der Waals surface area contributed by atoms with Crippen LogP contribution in [0, 0.1) is 5.82 Å². The monoisotopic (exact) mass is 239 g/mol. The SMILES string of the molecule is COc1cc(F)c2c(c1OC)[C@H](N)CC2(C)C. The van der Waals surface area contributed by atoms with Gasteiger partial charge in [0.1, 0.15) is 5.82 Å². The fraction of sp³-hybridized carbons (Fsp3) is 0.538. The van der Waals surface area contributed by atoms with Gasteiger partial charge in [-0.3, -0.25) is 0 Å². The van der Waals surface area contributed by atoms with Crippen LogP contribution in [-0.2, 0) is 5.41 Å². The number of methoxy groups -OCH3 is 2. The van der Waals surface area contributed by atoms with E-state index in [0.29, 0.717) is 23.5 Å². The predicted molar refractivity (Wildman–Crippen MR) is 64.1 cm³/mol. The molecule has 0 unspecified atom stereocenters. The van der Waals surface area contributed by atoms with E-state index in [-0.39, 0.29) is 17.3 Å². The molecule has 0 saturated carbocycles. The molecule has 1 aliphatic rings. The number of hydrogen-bond donors (Lipinski definition) is 1. The number of rotatable bonds is 2. The molecule has 0 aliphatic heterocycles. The molecule has 1 aromatic carbocycles. The van der Waals surface area contributed by atoms with Gasteiger partial charge in [-0.2, -0.15) is 0 Å². The van der Waals surface area contributed by atoms with Crippen molar-refractivity contribution >= 4 is 0 Å². The van der Waals surface area contributed by atoms with Gasteiger partial charge in [-0.05, 0) is 11.8 Å². The Labute approximate surface area is 101 Å². The second-order valence-corrected chi connectivity index (χ2v) is 5.08. The highest BCUT2D eigenvalue weighted by Gasteiger charge is 2.41. The maximum absolute atomic E-state index is 14.1. The minimum atomic E-state index is -0.268. The molecule has 0 radical (unpaired) electrons. The van der Waals surface area contributed by atoms with E-state index in [1.54, 1.807) is 7.11 Å². The summed E-state index contributed by atoms with van der Waals surface area (Å²) in [5.74, 6) is 0.689. The second kappa shape index (κ2) is 3.88. The maximum atomic E-state index is 14.1. The fourth-order valence-electron chi connectivity index (χ4n) is 2.79. The Morgan fingerprint density at radius 3 is 2.53 bits per heavy atom. The molecule has 3 nitrogen and oxygen atoms in total. The molecule has 1 atom stereocenters. The molecule has 0 bridgehead atoms. The summed E-state index contributed by atoms with van der Waals surface area (Å²) in [6.07, 6.45) is 0.711. The molecule has 17 heavy (non-hydrogen) atoms. The van der Waals surface area contributed by atoms with Crippen molar-refractivity contribution in [3.05, 3.63) is 23.0 Å². The largest absolute Gasteiger partial charge is 0.493 e. The van der Waals surface area contributed by atoms with Crippen LogP contribution in [0.2, 0.25) is 0 Å². The summed E-state index contributed by atoms with van der Waals surface area (Å²) in [6, 6.07) is 1.16. The van der Waals surface area contributed by atoms with E-state index in [0.717, 1.165) is 5.56 Å². The molecule has 2 N–H and O–H groups in total. The Balaban J connectivity index is 2.76. The third-order valence-electron chi connectivity index (χ3n) is 3.44. The lowest BCUT2D eigenvalue weighted by Gasteiger charge is -2.20. The van der Waals surface area contributed by atoms with Crippen molar-refractivity contribution in [2.45, 2.75) is 31.7 Å². The number of fused-ring (bicyclic) bond motifs is 1. The lowest BCUT2D eigenvalue weighted by Crippen LogP contribution is -2.15. The summed E-state index contributed by atoms with van der Waals surface area (Å²) >= 11 is 0. The van der Waals surface area contributed by atoms with Crippen molar-refractivity contribution in [2.24, 2.45) is 5.73 Å². The Kier molecular flexibility index (Phi) is 2.78. The average Bonchev–Trinajstić information content (AvgIpc) is 2.49. The van der Waals surface area contributed by atoms with Crippen molar-refractivity contribution < 1.29 is 13.9 Å². The topological polar surface area (TPSA) is 44.5 Å². The highest BCUT2D eigenvalue weighted by Crippen LogP contribution is 2.51. The van der Waals surface area contributed by atoms with Crippen molar-refractivity contribution in [3.63, 3.8) is 0 Å². The Morgan fingerprint density at radius 1 is 1.35 bits per heavy atom. The smallest absolute Gasteiger partial charge is 0.165 e. The molecular weight excluding hydrogens is 221 g/mol. The fourth-order valence-corrected chi connectivity index (χ4v) is 2.79. The van der Waals surface area contributed by atoms with E-state index in [9.17, 15) is 4.39 Å². The molecule has 1 aromatic rings. The third kappa shape index (κ3) is 1.67. The van der Waals surface area contributed by atoms with Crippen molar-refractivity contribution in [1.29, 1.82) is 0 Å². The quantitative estimate of drug-likeness (QED) is 0.862. The van der Waals surface area contributed by atoms with Crippen LogP contribution >= 0.6 is 0 Å². The summed E-state index contributed by atoms with van der Waals surface area (Å²) in [4.78, 5) is 0. The van der Waals surface area contributed by atoms with Gasteiger partial charge < -0.3 is 15.2 Å². The van der Waals surface area contributed by atoms with E-state index in [4.69, 9.17) is 15.2 Å². The molecule has 1 aliphatic carbocycles. The third-order valence-corrected chi connectivity index (χ3v) is 3.44. The minimum absolute atomic E-state index is 0.209. The molecule has 0 saturated heterocycles. The number of ether oxygens (including phenoxy) is 2. The first-order chi connectivity index (χ1) is 7.92. The van der Waals surface area contributed by atoms with E-state index < -0.39 is 0 Å². The van der Waals surface area contributed by atoms with Gasteiger partial charge in [0.25, 0.3) is 0 Å². The Morgan fingerprint density at radius 2 is 2.00 bits per heavy atom. The first kappa shape index (κ1) is 12.2. The molecule has 0 fully saturated rings. The van der Waals surface area contributed by atoms with Gasteiger partial charge in [0.2, 0.25) is 0 Å². The number of nitrogens with two attached hydrogens (primary N) is 1. The van der Waals surface area contributed by atoms with Gasteiger partial charge in [0.05, 0.1) is 14.2 Å². The molecule has 4 heteroatoms. The van der Waals surface area contributed by atoms with Gasteiger partial charge in [-0.1, -0.05) is 13.8 Å². The molecular formula is C13H18FNO2. The lowest BCUT2D eigenvalue weighted by atomic mass is 9.86. The summed E-state index contributed by atoms with van der Waals surface area (Å²) in [7, 11) is 3.05. The molecule has 0 spiro atoms. The van der Waals surface area contributed by atoms with Gasteiger partial charge in [-0.15, -0.1) is 0 Å². The van der Waals surface area contributed by atoms with E-state index in [1.165, 1.54) is 13.2 Å². The highest BCUT2D eigenvalue weighted by molar-refractivity contribution is 5.57. The van der Waals surface area contributed by atoms with Crippen LogP contribution < -0.4 is 15.2 Å². The van der Waals surface area contributed by atoms with E-state index >= 15 is 0 Å². The normalized spacial score (nSPS) is 21.2. The average molecular weight is 239 g/mol. The second-order valence-electron chi connectivity index (χ2n) is 5.08. The standard InChI is InChI=1S/C13H18FNO2/c1-13(2)6-8(15)10-11(13)7(14)5-9(16-3)12(10)17-4/h5,8H,6,15H2,1-4H3/t8-/m1/s1. The number of benzene rings is 1. The van der Waals surface area contributed by atoms with Crippen LogP contribution in [0.3, 0.4) is 0 Å². The Hall–Kier alpha value is -1.29. The van der Waals surface area contributed by atoms with Crippen LogP contribution in [0.25, 0.3) is 0 Å². The van der Waals surface area contributed by atoms with Crippen LogP contribution in [0.15, 0.2) is 6.07 Å². The van der Waals surface area contributed by atoms with Crippen molar-refractivity contribution in [3.8, 4) is 11.5 Å². The zero-order valence-electron chi connectivity index (χ0n) is 10.6. The van der Waals surface area contributed by atoms with Gasteiger partial charge in [-0.25, -0.2) is 4.39 Å². The maximum Gasteiger partial charge on any atom is 0.165 e. The lowest BCUT2D eigenvalue weighted by molar-refractivity contribution is 0.347. The first-order valence-corrected chi connectivity index (χ1v) is 5.62. The summed E-state index contributed by atoms with van der Waals surface area (Å²) < 4.78 is 24.6. The highest BCUT2D eigenvalue weighted by atomic mass is 19.1. The van der Waals surface area contributed by atoms with Gasteiger partial charge >= 0.3 is 0 Å². The van der Waals surface area contributed by atoms with Crippen LogP contribution in [-0.4, -0.2) is 14.2 Å². The molecule has 2 rings (SSSR count).